The van der Waals surface area contributed by atoms with E-state index >= 15 is 0 Å². The summed E-state index contributed by atoms with van der Waals surface area (Å²) in [6, 6.07) is 7.19. The highest BCUT2D eigenvalue weighted by Crippen LogP contribution is 2.41. The first-order valence-electron chi connectivity index (χ1n) is 13.1. The molecule has 1 saturated carbocycles. The summed E-state index contributed by atoms with van der Waals surface area (Å²) in [5, 5.41) is 2.08. The number of nitrogens with one attached hydrogen (secondary N) is 1. The maximum absolute atomic E-state index is 10.9. The van der Waals surface area contributed by atoms with Gasteiger partial charge in [0.25, 0.3) is 0 Å². The molecule has 1 amide bonds. The second-order valence-electron chi connectivity index (χ2n) is 9.68. The molecule has 4 radical (unpaired) electrons. The highest BCUT2D eigenvalue weighted by atomic mass is 16.5. The molecule has 0 spiro atoms. The van der Waals surface area contributed by atoms with Crippen LogP contribution in [-0.4, -0.2) is 58.1 Å². The van der Waals surface area contributed by atoms with Gasteiger partial charge in [-0.1, -0.05) is 37.7 Å². The molecule has 36 heavy (non-hydrogen) atoms. The van der Waals surface area contributed by atoms with Crippen LogP contribution in [0.3, 0.4) is 0 Å². The lowest BCUT2D eigenvalue weighted by Crippen LogP contribution is -2.55. The lowest BCUT2D eigenvalue weighted by molar-refractivity contribution is -0.114. The normalized spacial score (nSPS) is 22.4. The van der Waals surface area contributed by atoms with Gasteiger partial charge in [0.15, 0.2) is 0 Å². The Kier molecular flexibility index (Phi) is 11.9. The molecule has 2 saturated heterocycles. The van der Waals surface area contributed by atoms with Gasteiger partial charge in [-0.05, 0) is 73.3 Å². The lowest BCUT2D eigenvalue weighted by atomic mass is 9.52. The fourth-order valence-electron chi connectivity index (χ4n) is 5.23. The quantitative estimate of drug-likeness (QED) is 0.372. The Bertz CT molecular complexity index is 884. The van der Waals surface area contributed by atoms with E-state index < -0.39 is 5.34 Å². The molecule has 2 aliphatic heterocycles. The Hall–Kier alpha value is -2.38. The highest BCUT2D eigenvalue weighted by molar-refractivity contribution is 6.40. The molecule has 3 aliphatic rings. The molecule has 1 aromatic rings. The highest BCUT2D eigenvalue weighted by Gasteiger charge is 2.43. The first kappa shape index (κ1) is 29.8. The molecule has 9 heteroatoms. The van der Waals surface area contributed by atoms with Crippen molar-refractivity contribution in [2.45, 2.75) is 58.2 Å². The van der Waals surface area contributed by atoms with E-state index in [9.17, 15) is 4.79 Å². The summed E-state index contributed by atoms with van der Waals surface area (Å²) < 4.78 is 5.40. The Labute approximate surface area is 220 Å². The summed E-state index contributed by atoms with van der Waals surface area (Å²) in [6.07, 6.45) is 9.32. The standard InChI is InChI=1S/C13H21B2NO.C12H16N4O.C2H6/c14-13(15,12-4-6-17-7-5-12)16-8-10-2-1-3-11(10)9-16;1-8(17)16-10-4-2-3-9(7-10)11(13)5-6-12(14)15;1-2/h10-12H,1-9H2;2-7H,13-15H2,1H3,(H,16,17);1-2H3/b;11-5-;. The molecule has 3 fully saturated rings. The van der Waals surface area contributed by atoms with E-state index in [4.69, 9.17) is 37.6 Å². The smallest absolute Gasteiger partial charge is 0.221 e. The van der Waals surface area contributed by atoms with Gasteiger partial charge in [0, 0.05) is 44.6 Å². The Morgan fingerprint density at radius 1 is 1.06 bits per heavy atom. The zero-order chi connectivity index (χ0) is 26.7. The van der Waals surface area contributed by atoms with Gasteiger partial charge >= 0.3 is 0 Å². The van der Waals surface area contributed by atoms with Gasteiger partial charge in [-0.25, -0.2) is 0 Å². The summed E-state index contributed by atoms with van der Waals surface area (Å²) in [5.74, 6) is 2.18. The van der Waals surface area contributed by atoms with E-state index in [1.54, 1.807) is 24.3 Å². The number of rotatable bonds is 5. The number of nitrogens with zero attached hydrogens (tertiary/aromatic N) is 1. The van der Waals surface area contributed by atoms with Crippen LogP contribution in [0.5, 0.6) is 0 Å². The Balaban J connectivity index is 0.000000237. The molecule has 1 aromatic carbocycles. The van der Waals surface area contributed by atoms with Crippen molar-refractivity contribution in [3.63, 3.8) is 0 Å². The van der Waals surface area contributed by atoms with Crippen molar-refractivity contribution < 1.29 is 9.53 Å². The number of benzene rings is 1. The number of amides is 1. The fraction of sp³-hybridized carbons (Fsp3) is 0.593. The van der Waals surface area contributed by atoms with Crippen LogP contribution in [0.4, 0.5) is 5.69 Å². The van der Waals surface area contributed by atoms with E-state index in [1.165, 1.54) is 32.3 Å². The van der Waals surface area contributed by atoms with E-state index in [0.29, 0.717) is 17.3 Å². The van der Waals surface area contributed by atoms with Gasteiger partial charge in [0.05, 0.1) is 21.5 Å². The number of hydrogen-bond donors (Lipinski definition) is 4. The molecule has 1 aliphatic carbocycles. The molecule has 0 bridgehead atoms. The Morgan fingerprint density at radius 3 is 2.22 bits per heavy atom. The van der Waals surface area contributed by atoms with Crippen molar-refractivity contribution in [1.29, 1.82) is 0 Å². The van der Waals surface area contributed by atoms with Crippen molar-refractivity contribution in [2.75, 3.05) is 31.6 Å². The van der Waals surface area contributed by atoms with Gasteiger partial charge in [0.2, 0.25) is 5.91 Å². The molecular weight excluding hydrogens is 448 g/mol. The molecule has 194 valence electrons. The number of anilines is 1. The monoisotopic (exact) mass is 491 g/mol. The third-order valence-electron chi connectivity index (χ3n) is 7.12. The molecule has 2 atom stereocenters. The summed E-state index contributed by atoms with van der Waals surface area (Å²) in [5.41, 5.74) is 18.4. The van der Waals surface area contributed by atoms with Crippen LogP contribution < -0.4 is 22.5 Å². The van der Waals surface area contributed by atoms with Crippen LogP contribution in [0, 0.1) is 17.8 Å². The molecule has 2 unspecified atom stereocenters. The number of allylic oxidation sites excluding steroid dienone is 2. The van der Waals surface area contributed by atoms with Crippen molar-refractivity contribution >= 4 is 33.0 Å². The van der Waals surface area contributed by atoms with Gasteiger partial charge < -0.3 is 32.2 Å². The first-order chi connectivity index (χ1) is 17.2. The predicted molar refractivity (Wildman–Crippen MR) is 151 cm³/mol. The third-order valence-corrected chi connectivity index (χ3v) is 7.12. The molecule has 0 aromatic heterocycles. The van der Waals surface area contributed by atoms with Crippen LogP contribution in [0.15, 0.2) is 42.2 Å². The zero-order valence-electron chi connectivity index (χ0n) is 22.2. The van der Waals surface area contributed by atoms with E-state index in [0.717, 1.165) is 56.5 Å². The second-order valence-corrected chi connectivity index (χ2v) is 9.68. The van der Waals surface area contributed by atoms with Gasteiger partial charge in [-0.2, -0.15) is 0 Å². The van der Waals surface area contributed by atoms with Gasteiger partial charge in [-0.3, -0.25) is 4.79 Å². The Morgan fingerprint density at radius 2 is 1.67 bits per heavy atom. The van der Waals surface area contributed by atoms with E-state index in [1.807, 2.05) is 19.9 Å². The molecule has 7 N–H and O–H groups in total. The van der Waals surface area contributed by atoms with Crippen LogP contribution in [0.2, 0.25) is 0 Å². The molecular formula is C27H43B2N5O2. The summed E-state index contributed by atoms with van der Waals surface area (Å²) in [4.78, 5) is 13.3. The number of carbonyl (C=O) groups is 1. The zero-order valence-corrected chi connectivity index (χ0v) is 22.2. The lowest BCUT2D eigenvalue weighted by Gasteiger charge is -2.45. The average Bonchev–Trinajstić information content (AvgIpc) is 3.48. The number of fused-ring (bicyclic) bond motifs is 1. The third kappa shape index (κ3) is 8.63. The minimum atomic E-state index is -0.603. The largest absolute Gasteiger partial charge is 0.398 e. The van der Waals surface area contributed by atoms with Crippen molar-refractivity contribution in [2.24, 2.45) is 35.0 Å². The predicted octanol–water partition coefficient (Wildman–Crippen LogP) is 2.87. The van der Waals surface area contributed by atoms with Gasteiger partial charge in [-0.15, -0.1) is 0 Å². The number of ether oxygens (including phenoxy) is 1. The van der Waals surface area contributed by atoms with Crippen LogP contribution in [-0.2, 0) is 9.53 Å². The van der Waals surface area contributed by atoms with Crippen molar-refractivity contribution in [1.82, 2.24) is 4.90 Å². The summed E-state index contributed by atoms with van der Waals surface area (Å²) in [6.45, 7) is 9.33. The topological polar surface area (TPSA) is 120 Å². The molecule has 4 rings (SSSR count). The second kappa shape index (κ2) is 14.4. The summed E-state index contributed by atoms with van der Waals surface area (Å²) >= 11 is 0. The van der Waals surface area contributed by atoms with Crippen LogP contribution in [0.1, 0.15) is 58.4 Å². The summed E-state index contributed by atoms with van der Waals surface area (Å²) in [7, 11) is 12.9. The minimum Gasteiger partial charge on any atom is -0.398 e. The minimum absolute atomic E-state index is 0.129. The van der Waals surface area contributed by atoms with Crippen LogP contribution in [0.25, 0.3) is 5.70 Å². The van der Waals surface area contributed by atoms with Crippen LogP contribution >= 0.6 is 0 Å². The number of likely N-dealkylation sites (tertiary alicyclic amines) is 1. The first-order valence-corrected chi connectivity index (χ1v) is 13.1. The van der Waals surface area contributed by atoms with E-state index in [2.05, 4.69) is 10.2 Å². The maximum Gasteiger partial charge on any atom is 0.221 e. The number of nitrogens with two attached hydrogens (primary N) is 3. The molecule has 7 nitrogen and oxygen atoms in total. The van der Waals surface area contributed by atoms with E-state index in [-0.39, 0.29) is 11.7 Å². The number of hydrogen-bond acceptors (Lipinski definition) is 6. The maximum atomic E-state index is 10.9. The SMILES string of the molecule is CC.CC(=O)Nc1cccc(/C(N)=C/C=C(N)N)c1.[B]C([B])(C1CCOCC1)N1CC2CCCC2C1. The average molecular weight is 491 g/mol. The molecule has 2 heterocycles. The van der Waals surface area contributed by atoms with Crippen molar-refractivity contribution in [3.05, 3.63) is 47.8 Å². The van der Waals surface area contributed by atoms with Crippen molar-refractivity contribution in [3.8, 4) is 0 Å². The fourth-order valence-corrected chi connectivity index (χ4v) is 5.23. The van der Waals surface area contributed by atoms with Gasteiger partial charge in [0.1, 0.15) is 0 Å². The number of carbonyl (C=O) groups excluding carboxylic acids is 1.